The maximum atomic E-state index is 5.70. The molecule has 0 saturated carbocycles. The highest BCUT2D eigenvalue weighted by Gasteiger charge is 2.02. The van der Waals surface area contributed by atoms with Gasteiger partial charge in [-0.15, -0.1) is 0 Å². The molecule has 1 aromatic heterocycles. The van der Waals surface area contributed by atoms with Gasteiger partial charge in [-0.3, -0.25) is 4.98 Å². The minimum atomic E-state index is 0.0821. The van der Waals surface area contributed by atoms with Crippen molar-refractivity contribution in [3.63, 3.8) is 0 Å². The lowest BCUT2D eigenvalue weighted by atomic mass is 10.1. The van der Waals surface area contributed by atoms with Crippen LogP contribution in [0.25, 0.3) is 0 Å². The Morgan fingerprint density at radius 1 is 1.25 bits per heavy atom. The second-order valence-electron chi connectivity index (χ2n) is 3.46. The molecule has 66 valence electrons. The normalized spacial score (nSPS) is 13.4. The van der Waals surface area contributed by atoms with Crippen LogP contribution in [0.2, 0.25) is 0 Å². The Morgan fingerprint density at radius 2 is 1.92 bits per heavy atom. The van der Waals surface area contributed by atoms with Gasteiger partial charge in [-0.2, -0.15) is 0 Å². The highest BCUT2D eigenvalue weighted by molar-refractivity contribution is 5.18. The lowest BCUT2D eigenvalue weighted by Gasteiger charge is -2.07. The van der Waals surface area contributed by atoms with Crippen molar-refractivity contribution >= 4 is 0 Å². The lowest BCUT2D eigenvalue weighted by Crippen LogP contribution is -2.05. The molecule has 2 heteroatoms. The number of nitrogens with two attached hydrogens (primary N) is 1. The predicted octanol–water partition coefficient (Wildman–Crippen LogP) is 2.22. The maximum absolute atomic E-state index is 5.70. The van der Waals surface area contributed by atoms with E-state index in [1.807, 2.05) is 25.3 Å². The molecular formula is C10H16N2. The first-order valence-corrected chi connectivity index (χ1v) is 4.32. The summed E-state index contributed by atoms with van der Waals surface area (Å²) >= 11 is 0. The van der Waals surface area contributed by atoms with Gasteiger partial charge in [-0.05, 0) is 24.5 Å². The molecule has 2 nitrogen and oxygen atoms in total. The topological polar surface area (TPSA) is 38.9 Å². The number of hydrogen-bond acceptors (Lipinski definition) is 2. The van der Waals surface area contributed by atoms with Gasteiger partial charge in [0.15, 0.2) is 0 Å². The van der Waals surface area contributed by atoms with Crippen LogP contribution in [0.15, 0.2) is 18.3 Å². The van der Waals surface area contributed by atoms with Gasteiger partial charge in [0.1, 0.15) is 0 Å². The summed E-state index contributed by atoms with van der Waals surface area (Å²) in [5.74, 6) is 0.493. The monoisotopic (exact) mass is 164 g/mol. The molecule has 12 heavy (non-hydrogen) atoms. The number of hydrogen-bond donors (Lipinski definition) is 1. The zero-order chi connectivity index (χ0) is 9.14. The molecule has 0 saturated heterocycles. The quantitative estimate of drug-likeness (QED) is 0.728. The summed E-state index contributed by atoms with van der Waals surface area (Å²) in [5, 5.41) is 0. The van der Waals surface area contributed by atoms with Crippen LogP contribution in [0.5, 0.6) is 0 Å². The molecule has 0 radical (unpaired) electrons. The zero-order valence-electron chi connectivity index (χ0n) is 7.91. The summed E-state index contributed by atoms with van der Waals surface area (Å²) < 4.78 is 0. The Kier molecular flexibility index (Phi) is 2.82. The van der Waals surface area contributed by atoms with Crippen molar-refractivity contribution in [3.05, 3.63) is 29.6 Å². The first kappa shape index (κ1) is 9.20. The van der Waals surface area contributed by atoms with Crippen LogP contribution in [0.4, 0.5) is 0 Å². The molecule has 0 fully saturated rings. The Balaban J connectivity index is 2.86. The van der Waals surface area contributed by atoms with Crippen molar-refractivity contribution in [1.82, 2.24) is 4.98 Å². The van der Waals surface area contributed by atoms with Gasteiger partial charge >= 0.3 is 0 Å². The summed E-state index contributed by atoms with van der Waals surface area (Å²) in [5.41, 5.74) is 7.92. The zero-order valence-corrected chi connectivity index (χ0v) is 7.91. The Morgan fingerprint density at radius 3 is 2.25 bits per heavy atom. The highest BCUT2D eigenvalue weighted by atomic mass is 14.7. The van der Waals surface area contributed by atoms with Crippen molar-refractivity contribution in [3.8, 4) is 0 Å². The summed E-state index contributed by atoms with van der Waals surface area (Å²) in [4.78, 5) is 4.32. The molecule has 1 atom stereocenters. The first-order chi connectivity index (χ1) is 5.61. The SMILES string of the molecule is CC(C)c1ccc([C@H](C)N)cn1. The van der Waals surface area contributed by atoms with Crippen molar-refractivity contribution in [1.29, 1.82) is 0 Å². The van der Waals surface area contributed by atoms with E-state index in [-0.39, 0.29) is 6.04 Å². The third-order valence-electron chi connectivity index (χ3n) is 1.93. The fourth-order valence-corrected chi connectivity index (χ4v) is 1.03. The molecule has 1 heterocycles. The van der Waals surface area contributed by atoms with Crippen LogP contribution in [0.3, 0.4) is 0 Å². The van der Waals surface area contributed by atoms with E-state index in [9.17, 15) is 0 Å². The van der Waals surface area contributed by atoms with Gasteiger partial charge in [0, 0.05) is 17.9 Å². The molecule has 0 amide bonds. The minimum Gasteiger partial charge on any atom is -0.324 e. The molecule has 0 aliphatic carbocycles. The molecule has 2 N–H and O–H groups in total. The average molecular weight is 164 g/mol. The van der Waals surface area contributed by atoms with Gasteiger partial charge in [-0.25, -0.2) is 0 Å². The van der Waals surface area contributed by atoms with Gasteiger partial charge < -0.3 is 5.73 Å². The van der Waals surface area contributed by atoms with E-state index in [4.69, 9.17) is 5.73 Å². The van der Waals surface area contributed by atoms with Crippen LogP contribution in [-0.2, 0) is 0 Å². The third kappa shape index (κ3) is 2.05. The Bertz CT molecular complexity index is 210. The second kappa shape index (κ2) is 3.68. The van der Waals surface area contributed by atoms with E-state index in [1.165, 1.54) is 0 Å². The second-order valence-corrected chi connectivity index (χ2v) is 3.46. The van der Waals surface area contributed by atoms with Gasteiger partial charge in [0.05, 0.1) is 0 Å². The Labute approximate surface area is 73.8 Å². The molecule has 0 aromatic carbocycles. The van der Waals surface area contributed by atoms with Crippen molar-refractivity contribution in [2.45, 2.75) is 32.7 Å². The predicted molar refractivity (Wildman–Crippen MR) is 50.9 cm³/mol. The van der Waals surface area contributed by atoms with E-state index in [0.717, 1.165) is 11.3 Å². The molecule has 1 aromatic rings. The summed E-state index contributed by atoms with van der Waals surface area (Å²) in [6, 6.07) is 4.18. The third-order valence-corrected chi connectivity index (χ3v) is 1.93. The summed E-state index contributed by atoms with van der Waals surface area (Å²) in [6.45, 7) is 6.23. The lowest BCUT2D eigenvalue weighted by molar-refractivity contribution is 0.785. The molecule has 0 unspecified atom stereocenters. The van der Waals surface area contributed by atoms with E-state index < -0.39 is 0 Å². The Hall–Kier alpha value is -0.890. The van der Waals surface area contributed by atoms with E-state index in [1.54, 1.807) is 0 Å². The van der Waals surface area contributed by atoms with Crippen LogP contribution in [0, 0.1) is 0 Å². The number of pyridine rings is 1. The van der Waals surface area contributed by atoms with E-state index in [0.29, 0.717) is 5.92 Å². The number of rotatable bonds is 2. The molecule has 0 aliphatic heterocycles. The van der Waals surface area contributed by atoms with E-state index in [2.05, 4.69) is 18.8 Å². The molecule has 0 bridgehead atoms. The van der Waals surface area contributed by atoms with Crippen molar-refractivity contribution in [2.75, 3.05) is 0 Å². The largest absolute Gasteiger partial charge is 0.324 e. The maximum Gasteiger partial charge on any atom is 0.0429 e. The van der Waals surface area contributed by atoms with Crippen LogP contribution in [0.1, 0.15) is 44.0 Å². The van der Waals surface area contributed by atoms with Gasteiger partial charge in [0.2, 0.25) is 0 Å². The molecule has 0 spiro atoms. The fourth-order valence-electron chi connectivity index (χ4n) is 1.03. The van der Waals surface area contributed by atoms with Crippen LogP contribution < -0.4 is 5.73 Å². The molecular weight excluding hydrogens is 148 g/mol. The van der Waals surface area contributed by atoms with Gasteiger partial charge in [0.25, 0.3) is 0 Å². The smallest absolute Gasteiger partial charge is 0.0429 e. The molecule has 0 aliphatic rings. The van der Waals surface area contributed by atoms with Gasteiger partial charge in [-0.1, -0.05) is 19.9 Å². The summed E-state index contributed by atoms with van der Waals surface area (Å²) in [7, 11) is 0. The number of aromatic nitrogens is 1. The van der Waals surface area contributed by atoms with E-state index >= 15 is 0 Å². The number of nitrogens with zero attached hydrogens (tertiary/aromatic N) is 1. The standard InChI is InChI=1S/C10H16N2/c1-7(2)10-5-4-9(6-12-10)8(3)11/h4-8H,11H2,1-3H3/t8-/m0/s1. The molecule has 1 rings (SSSR count). The average Bonchev–Trinajstić information content (AvgIpc) is 2.04. The first-order valence-electron chi connectivity index (χ1n) is 4.32. The van der Waals surface area contributed by atoms with Crippen LogP contribution >= 0.6 is 0 Å². The highest BCUT2D eigenvalue weighted by Crippen LogP contribution is 2.13. The summed E-state index contributed by atoms with van der Waals surface area (Å²) in [6.07, 6.45) is 1.86. The van der Waals surface area contributed by atoms with Crippen LogP contribution in [-0.4, -0.2) is 4.98 Å². The van der Waals surface area contributed by atoms with Crippen molar-refractivity contribution < 1.29 is 0 Å². The van der Waals surface area contributed by atoms with Crippen molar-refractivity contribution in [2.24, 2.45) is 5.73 Å². The minimum absolute atomic E-state index is 0.0821. The fraction of sp³-hybridized carbons (Fsp3) is 0.500.